The zero-order valence-corrected chi connectivity index (χ0v) is 9.43. The third kappa shape index (κ3) is 2.79. The minimum atomic E-state index is -0.399. The van der Waals surface area contributed by atoms with Crippen molar-refractivity contribution in [1.82, 2.24) is 4.98 Å². The molecule has 0 fully saturated rings. The molecule has 0 aliphatic heterocycles. The third-order valence-corrected chi connectivity index (χ3v) is 2.29. The van der Waals surface area contributed by atoms with Gasteiger partial charge in [-0.1, -0.05) is 12.1 Å². The van der Waals surface area contributed by atoms with Gasteiger partial charge in [-0.15, -0.1) is 0 Å². The molecule has 1 atom stereocenters. The highest BCUT2D eigenvalue weighted by molar-refractivity contribution is 5.31. The first kappa shape index (κ1) is 11.5. The Morgan fingerprint density at radius 1 is 1.24 bits per heavy atom. The number of hydrogen-bond acceptors (Lipinski definition) is 3. The fourth-order valence-electron chi connectivity index (χ4n) is 1.38. The van der Waals surface area contributed by atoms with Gasteiger partial charge < -0.3 is 10.5 Å². The fourth-order valence-corrected chi connectivity index (χ4v) is 1.38. The van der Waals surface area contributed by atoms with E-state index in [-0.39, 0.29) is 11.8 Å². The standard InChI is InChI=1S/C13H13FN2O/c1-9(15)12-7-6-10(8-16-12)17-13-5-3-2-4-11(13)14/h2-9H,15H2,1H3/t9-/m1/s1. The number of halogens is 1. The van der Waals surface area contributed by atoms with Crippen molar-refractivity contribution in [2.45, 2.75) is 13.0 Å². The van der Waals surface area contributed by atoms with Crippen molar-refractivity contribution in [1.29, 1.82) is 0 Å². The fraction of sp³-hybridized carbons (Fsp3) is 0.154. The molecule has 0 unspecified atom stereocenters. The van der Waals surface area contributed by atoms with Gasteiger partial charge in [0.15, 0.2) is 11.6 Å². The lowest BCUT2D eigenvalue weighted by Gasteiger charge is -2.08. The van der Waals surface area contributed by atoms with Crippen LogP contribution in [0.5, 0.6) is 11.5 Å². The Kier molecular flexibility index (Phi) is 3.35. The second kappa shape index (κ2) is 4.93. The highest BCUT2D eigenvalue weighted by Crippen LogP contribution is 2.23. The van der Waals surface area contributed by atoms with E-state index in [1.165, 1.54) is 12.3 Å². The van der Waals surface area contributed by atoms with Crippen LogP contribution in [0.1, 0.15) is 18.7 Å². The zero-order valence-electron chi connectivity index (χ0n) is 9.43. The van der Waals surface area contributed by atoms with Crippen LogP contribution in [0.2, 0.25) is 0 Å². The maximum atomic E-state index is 13.3. The Bertz CT molecular complexity index is 497. The molecule has 0 spiro atoms. The van der Waals surface area contributed by atoms with Crippen molar-refractivity contribution in [3.8, 4) is 11.5 Å². The largest absolute Gasteiger partial charge is 0.453 e. The van der Waals surface area contributed by atoms with Crippen LogP contribution in [0.4, 0.5) is 4.39 Å². The molecule has 0 radical (unpaired) electrons. The van der Waals surface area contributed by atoms with Crippen molar-refractivity contribution in [3.05, 3.63) is 54.1 Å². The van der Waals surface area contributed by atoms with Crippen LogP contribution in [0.25, 0.3) is 0 Å². The Labute approximate surface area is 99.1 Å². The number of benzene rings is 1. The number of hydrogen-bond donors (Lipinski definition) is 1. The molecule has 2 N–H and O–H groups in total. The lowest BCUT2D eigenvalue weighted by Crippen LogP contribution is -2.06. The summed E-state index contributed by atoms with van der Waals surface area (Å²) in [6, 6.07) is 9.59. The molecule has 17 heavy (non-hydrogen) atoms. The topological polar surface area (TPSA) is 48.1 Å². The summed E-state index contributed by atoms with van der Waals surface area (Å²) in [7, 11) is 0. The van der Waals surface area contributed by atoms with Crippen molar-refractivity contribution >= 4 is 0 Å². The van der Waals surface area contributed by atoms with Gasteiger partial charge in [-0.2, -0.15) is 0 Å². The average Bonchev–Trinajstić information content (AvgIpc) is 2.33. The zero-order chi connectivity index (χ0) is 12.3. The van der Waals surface area contributed by atoms with Crippen molar-refractivity contribution in [2.75, 3.05) is 0 Å². The van der Waals surface area contributed by atoms with E-state index in [2.05, 4.69) is 4.98 Å². The second-order valence-corrected chi connectivity index (χ2v) is 3.74. The van der Waals surface area contributed by atoms with Crippen LogP contribution in [0.15, 0.2) is 42.6 Å². The molecule has 3 nitrogen and oxygen atoms in total. The molecule has 0 amide bonds. The molecule has 0 bridgehead atoms. The van der Waals surface area contributed by atoms with Crippen LogP contribution in [0.3, 0.4) is 0 Å². The minimum absolute atomic E-state index is 0.127. The first-order valence-electron chi connectivity index (χ1n) is 5.31. The van der Waals surface area contributed by atoms with Gasteiger partial charge >= 0.3 is 0 Å². The van der Waals surface area contributed by atoms with Crippen molar-refractivity contribution < 1.29 is 9.13 Å². The number of nitrogens with two attached hydrogens (primary N) is 1. The number of ether oxygens (including phenoxy) is 1. The number of nitrogens with zero attached hydrogens (tertiary/aromatic N) is 1. The average molecular weight is 232 g/mol. The first-order valence-corrected chi connectivity index (χ1v) is 5.31. The first-order chi connectivity index (χ1) is 8.16. The van der Waals surface area contributed by atoms with Crippen LogP contribution in [-0.2, 0) is 0 Å². The van der Waals surface area contributed by atoms with Crippen molar-refractivity contribution in [3.63, 3.8) is 0 Å². The monoisotopic (exact) mass is 232 g/mol. The van der Waals surface area contributed by atoms with E-state index in [0.29, 0.717) is 5.75 Å². The molecule has 2 rings (SSSR count). The number of aromatic nitrogens is 1. The Hall–Kier alpha value is -1.94. The predicted molar refractivity (Wildman–Crippen MR) is 63.3 cm³/mol. The van der Waals surface area contributed by atoms with Crippen molar-refractivity contribution in [2.24, 2.45) is 5.73 Å². The molecule has 88 valence electrons. The molecule has 4 heteroatoms. The van der Waals surface area contributed by atoms with Gasteiger partial charge in [0.05, 0.1) is 11.9 Å². The van der Waals surface area contributed by atoms with Crippen LogP contribution in [0, 0.1) is 5.82 Å². The Morgan fingerprint density at radius 3 is 2.59 bits per heavy atom. The number of rotatable bonds is 3. The van der Waals surface area contributed by atoms with Gasteiger partial charge in [-0.05, 0) is 31.2 Å². The molecule has 1 heterocycles. The molecule has 1 aromatic heterocycles. The molecule has 0 aliphatic rings. The summed E-state index contributed by atoms with van der Waals surface area (Å²) in [4.78, 5) is 4.13. The number of para-hydroxylation sites is 1. The molecule has 1 aromatic carbocycles. The second-order valence-electron chi connectivity index (χ2n) is 3.74. The van der Waals surface area contributed by atoms with E-state index < -0.39 is 5.82 Å². The summed E-state index contributed by atoms with van der Waals surface area (Å²) in [5.74, 6) is 0.270. The Morgan fingerprint density at radius 2 is 2.00 bits per heavy atom. The van der Waals surface area contributed by atoms with Gasteiger partial charge in [-0.25, -0.2) is 4.39 Å². The van der Waals surface area contributed by atoms with E-state index in [1.54, 1.807) is 30.3 Å². The van der Waals surface area contributed by atoms with Gasteiger partial charge in [0.1, 0.15) is 5.75 Å². The summed E-state index contributed by atoms with van der Waals surface area (Å²) in [6.07, 6.45) is 1.53. The van der Waals surface area contributed by atoms with E-state index in [4.69, 9.17) is 10.5 Å². The van der Waals surface area contributed by atoms with Crippen LogP contribution < -0.4 is 10.5 Å². The SMILES string of the molecule is C[C@@H](N)c1ccc(Oc2ccccc2F)cn1. The minimum Gasteiger partial charge on any atom is -0.453 e. The van der Waals surface area contributed by atoms with Gasteiger partial charge in [0.2, 0.25) is 0 Å². The summed E-state index contributed by atoms with van der Waals surface area (Å²) < 4.78 is 18.7. The summed E-state index contributed by atoms with van der Waals surface area (Å²) in [5, 5.41) is 0. The smallest absolute Gasteiger partial charge is 0.165 e. The molecule has 0 saturated heterocycles. The molecular formula is C13H13FN2O. The Balaban J connectivity index is 2.17. The number of pyridine rings is 1. The lowest BCUT2D eigenvalue weighted by molar-refractivity contribution is 0.440. The quantitative estimate of drug-likeness (QED) is 0.884. The molecular weight excluding hydrogens is 219 g/mol. The lowest BCUT2D eigenvalue weighted by atomic mass is 10.2. The molecule has 0 saturated carbocycles. The van der Waals surface area contributed by atoms with E-state index in [9.17, 15) is 4.39 Å². The highest BCUT2D eigenvalue weighted by Gasteiger charge is 2.05. The van der Waals surface area contributed by atoms with Gasteiger partial charge in [-0.3, -0.25) is 4.98 Å². The summed E-state index contributed by atoms with van der Waals surface area (Å²) >= 11 is 0. The maximum absolute atomic E-state index is 13.3. The van der Waals surface area contributed by atoms with E-state index in [0.717, 1.165) is 5.69 Å². The van der Waals surface area contributed by atoms with Gasteiger partial charge in [0.25, 0.3) is 0 Å². The van der Waals surface area contributed by atoms with Crippen LogP contribution >= 0.6 is 0 Å². The van der Waals surface area contributed by atoms with E-state index >= 15 is 0 Å². The summed E-state index contributed by atoms with van der Waals surface area (Å²) in [6.45, 7) is 1.85. The van der Waals surface area contributed by atoms with Crippen LogP contribution in [-0.4, -0.2) is 4.98 Å². The normalized spacial score (nSPS) is 12.2. The van der Waals surface area contributed by atoms with E-state index in [1.807, 2.05) is 6.92 Å². The molecule has 2 aromatic rings. The van der Waals surface area contributed by atoms with Gasteiger partial charge in [0, 0.05) is 6.04 Å². The predicted octanol–water partition coefficient (Wildman–Crippen LogP) is 3.03. The highest BCUT2D eigenvalue weighted by atomic mass is 19.1. The molecule has 0 aliphatic carbocycles. The summed E-state index contributed by atoms with van der Waals surface area (Å²) in [5.41, 5.74) is 6.45. The maximum Gasteiger partial charge on any atom is 0.165 e. The third-order valence-electron chi connectivity index (χ3n) is 2.29.